The van der Waals surface area contributed by atoms with Crippen LogP contribution < -0.4 is 16.1 Å². The van der Waals surface area contributed by atoms with Crippen LogP contribution in [0.5, 0.6) is 0 Å². The lowest BCUT2D eigenvalue weighted by atomic mass is 10.0. The number of benzene rings is 1. The van der Waals surface area contributed by atoms with Gasteiger partial charge in [0, 0.05) is 31.9 Å². The Labute approximate surface area is 194 Å². The summed E-state index contributed by atoms with van der Waals surface area (Å²) in [7, 11) is 0. The number of hydrogen-bond donors (Lipinski definition) is 3. The first-order valence-electron chi connectivity index (χ1n) is 11.4. The van der Waals surface area contributed by atoms with Gasteiger partial charge < -0.3 is 10.6 Å². The summed E-state index contributed by atoms with van der Waals surface area (Å²) < 4.78 is 0. The highest BCUT2D eigenvalue weighted by Crippen LogP contribution is 2.11. The van der Waals surface area contributed by atoms with Gasteiger partial charge in [0.2, 0.25) is 5.91 Å². The first kappa shape index (κ1) is 24.3. The monoisotopic (exact) mass is 452 g/mol. The van der Waals surface area contributed by atoms with Gasteiger partial charge in [0.15, 0.2) is 0 Å². The van der Waals surface area contributed by atoms with Crippen molar-refractivity contribution in [2.75, 3.05) is 13.1 Å². The summed E-state index contributed by atoms with van der Waals surface area (Å²) in [6.07, 6.45) is 6.96. The van der Waals surface area contributed by atoms with E-state index in [1.165, 1.54) is 18.6 Å². The second-order valence-corrected chi connectivity index (χ2v) is 8.60. The molecule has 1 fully saturated rings. The zero-order valence-corrected chi connectivity index (χ0v) is 19.2. The SMILES string of the molecule is CC(C)CC(NC(=O)C(Cc1ccccc1)NC(=O)c1cnccn1)C(=O)N1CCCCN1. The van der Waals surface area contributed by atoms with E-state index in [9.17, 15) is 14.4 Å². The Morgan fingerprint density at radius 3 is 2.48 bits per heavy atom. The Hall–Kier alpha value is -3.33. The Bertz CT molecular complexity index is 916. The number of nitrogens with one attached hydrogen (secondary N) is 3. The molecule has 9 nitrogen and oxygen atoms in total. The quantitative estimate of drug-likeness (QED) is 0.531. The van der Waals surface area contributed by atoms with Crippen molar-refractivity contribution in [3.05, 3.63) is 60.2 Å². The van der Waals surface area contributed by atoms with Crippen molar-refractivity contribution in [2.24, 2.45) is 5.92 Å². The van der Waals surface area contributed by atoms with Crippen LogP contribution in [0.15, 0.2) is 48.9 Å². The molecule has 33 heavy (non-hydrogen) atoms. The highest BCUT2D eigenvalue weighted by atomic mass is 16.2. The summed E-state index contributed by atoms with van der Waals surface area (Å²) in [6.45, 7) is 5.36. The zero-order chi connectivity index (χ0) is 23.6. The van der Waals surface area contributed by atoms with Gasteiger partial charge in [-0.15, -0.1) is 0 Å². The van der Waals surface area contributed by atoms with E-state index in [0.29, 0.717) is 13.0 Å². The normalized spacial score (nSPS) is 15.5. The first-order chi connectivity index (χ1) is 15.9. The van der Waals surface area contributed by atoms with Gasteiger partial charge in [-0.2, -0.15) is 0 Å². The molecule has 2 unspecified atom stereocenters. The lowest BCUT2D eigenvalue weighted by Gasteiger charge is -2.32. The molecule has 9 heteroatoms. The molecule has 2 aromatic rings. The molecule has 2 atom stereocenters. The zero-order valence-electron chi connectivity index (χ0n) is 19.2. The molecular weight excluding hydrogens is 420 g/mol. The van der Waals surface area contributed by atoms with E-state index in [-0.39, 0.29) is 23.9 Å². The maximum Gasteiger partial charge on any atom is 0.272 e. The third-order valence-electron chi connectivity index (χ3n) is 5.40. The fourth-order valence-corrected chi connectivity index (χ4v) is 3.74. The second-order valence-electron chi connectivity index (χ2n) is 8.60. The fraction of sp³-hybridized carbons (Fsp3) is 0.458. The van der Waals surface area contributed by atoms with E-state index in [1.54, 1.807) is 5.01 Å². The highest BCUT2D eigenvalue weighted by Gasteiger charge is 2.31. The number of carbonyl (C=O) groups is 3. The van der Waals surface area contributed by atoms with Crippen molar-refractivity contribution in [1.29, 1.82) is 0 Å². The van der Waals surface area contributed by atoms with E-state index in [1.807, 2.05) is 44.2 Å². The molecule has 0 radical (unpaired) electrons. The molecule has 1 aromatic carbocycles. The van der Waals surface area contributed by atoms with Crippen LogP contribution >= 0.6 is 0 Å². The molecule has 1 saturated heterocycles. The minimum absolute atomic E-state index is 0.121. The van der Waals surface area contributed by atoms with Gasteiger partial charge in [-0.05, 0) is 30.7 Å². The number of hydrogen-bond acceptors (Lipinski definition) is 6. The minimum Gasteiger partial charge on any atom is -0.342 e. The van der Waals surface area contributed by atoms with Gasteiger partial charge in [-0.3, -0.25) is 24.4 Å². The van der Waals surface area contributed by atoms with Crippen molar-refractivity contribution >= 4 is 17.7 Å². The van der Waals surface area contributed by atoms with Gasteiger partial charge in [-0.1, -0.05) is 44.2 Å². The van der Waals surface area contributed by atoms with Crippen molar-refractivity contribution in [1.82, 2.24) is 31.0 Å². The largest absolute Gasteiger partial charge is 0.342 e. The number of rotatable bonds is 9. The Morgan fingerprint density at radius 2 is 1.85 bits per heavy atom. The van der Waals surface area contributed by atoms with Crippen LogP contribution in [0.3, 0.4) is 0 Å². The van der Waals surface area contributed by atoms with E-state index in [0.717, 1.165) is 24.9 Å². The standard InChI is InChI=1S/C24H32N6O3/c1-17(2)14-20(24(33)30-13-7-6-10-27-30)29-22(31)19(15-18-8-4-3-5-9-18)28-23(32)21-16-25-11-12-26-21/h3-5,8-9,11-12,16-17,19-20,27H,6-7,10,13-15H2,1-2H3,(H,28,32)(H,29,31). The Balaban J connectivity index is 1.77. The summed E-state index contributed by atoms with van der Waals surface area (Å²) in [6, 6.07) is 7.86. The van der Waals surface area contributed by atoms with Crippen molar-refractivity contribution < 1.29 is 14.4 Å². The van der Waals surface area contributed by atoms with Crippen LogP contribution in [-0.4, -0.2) is 57.9 Å². The third kappa shape index (κ3) is 7.35. The van der Waals surface area contributed by atoms with Gasteiger partial charge in [-0.25, -0.2) is 10.4 Å². The maximum absolute atomic E-state index is 13.3. The highest BCUT2D eigenvalue weighted by molar-refractivity contribution is 5.97. The fourth-order valence-electron chi connectivity index (χ4n) is 3.74. The van der Waals surface area contributed by atoms with Crippen LogP contribution in [0.2, 0.25) is 0 Å². The number of amides is 3. The van der Waals surface area contributed by atoms with E-state index < -0.39 is 23.9 Å². The molecule has 1 aliphatic rings. The summed E-state index contributed by atoms with van der Waals surface area (Å²) in [5.41, 5.74) is 4.13. The number of nitrogens with zero attached hydrogens (tertiary/aromatic N) is 3. The lowest BCUT2D eigenvalue weighted by molar-refractivity contribution is -0.141. The second kappa shape index (κ2) is 12.1. The van der Waals surface area contributed by atoms with Crippen LogP contribution in [0.25, 0.3) is 0 Å². The number of hydrazine groups is 1. The van der Waals surface area contributed by atoms with Crippen molar-refractivity contribution in [2.45, 2.75) is 51.6 Å². The van der Waals surface area contributed by atoms with Crippen molar-refractivity contribution in [3.8, 4) is 0 Å². The molecule has 3 N–H and O–H groups in total. The Morgan fingerprint density at radius 1 is 1.06 bits per heavy atom. The van der Waals surface area contributed by atoms with Crippen LogP contribution in [0.4, 0.5) is 0 Å². The molecule has 1 aliphatic heterocycles. The molecule has 2 heterocycles. The number of carbonyl (C=O) groups excluding carboxylic acids is 3. The minimum atomic E-state index is -0.876. The molecule has 0 spiro atoms. The number of aromatic nitrogens is 2. The smallest absolute Gasteiger partial charge is 0.272 e. The lowest BCUT2D eigenvalue weighted by Crippen LogP contribution is -2.58. The van der Waals surface area contributed by atoms with Gasteiger partial charge >= 0.3 is 0 Å². The first-order valence-corrected chi connectivity index (χ1v) is 11.4. The Kier molecular flexibility index (Phi) is 8.88. The third-order valence-corrected chi connectivity index (χ3v) is 5.40. The molecule has 0 aliphatic carbocycles. The van der Waals surface area contributed by atoms with Gasteiger partial charge in [0.1, 0.15) is 17.8 Å². The van der Waals surface area contributed by atoms with E-state index in [4.69, 9.17) is 0 Å². The molecule has 0 saturated carbocycles. The van der Waals surface area contributed by atoms with Crippen LogP contribution in [0.1, 0.15) is 49.2 Å². The molecule has 1 aromatic heterocycles. The van der Waals surface area contributed by atoms with E-state index in [2.05, 4.69) is 26.0 Å². The predicted molar refractivity (Wildman–Crippen MR) is 124 cm³/mol. The van der Waals surface area contributed by atoms with Gasteiger partial charge in [0.25, 0.3) is 11.8 Å². The topological polar surface area (TPSA) is 116 Å². The molecule has 3 amide bonds. The summed E-state index contributed by atoms with van der Waals surface area (Å²) >= 11 is 0. The van der Waals surface area contributed by atoms with Crippen LogP contribution in [-0.2, 0) is 16.0 Å². The summed E-state index contributed by atoms with van der Waals surface area (Å²) in [5.74, 6) is -0.864. The average molecular weight is 453 g/mol. The maximum atomic E-state index is 13.3. The van der Waals surface area contributed by atoms with Crippen LogP contribution in [0, 0.1) is 5.92 Å². The molecular formula is C24H32N6O3. The predicted octanol–water partition coefficient (Wildman–Crippen LogP) is 1.48. The van der Waals surface area contributed by atoms with Gasteiger partial charge in [0.05, 0.1) is 6.20 Å². The van der Waals surface area contributed by atoms with Crippen molar-refractivity contribution in [3.63, 3.8) is 0 Å². The summed E-state index contributed by atoms with van der Waals surface area (Å²) in [5, 5.41) is 7.26. The molecule has 3 rings (SSSR count). The molecule has 0 bridgehead atoms. The van der Waals surface area contributed by atoms with E-state index >= 15 is 0 Å². The average Bonchev–Trinajstić information content (AvgIpc) is 2.84. The summed E-state index contributed by atoms with van der Waals surface area (Å²) in [4.78, 5) is 47.1. The molecule has 176 valence electrons.